The number of rotatable bonds is 9. The van der Waals surface area contributed by atoms with Gasteiger partial charge in [-0.2, -0.15) is 0 Å². The van der Waals surface area contributed by atoms with E-state index >= 15 is 0 Å². The summed E-state index contributed by atoms with van der Waals surface area (Å²) in [7, 11) is 0. The normalized spacial score (nSPS) is 10.3. The molecule has 3 aromatic rings. The Bertz CT molecular complexity index is 1010. The number of amides is 1. The van der Waals surface area contributed by atoms with Crippen molar-refractivity contribution in [2.45, 2.75) is 19.4 Å². The van der Waals surface area contributed by atoms with Crippen molar-refractivity contribution in [2.24, 2.45) is 0 Å². The van der Waals surface area contributed by atoms with Gasteiger partial charge in [0.05, 0.1) is 0 Å². The first-order valence-electron chi connectivity index (χ1n) is 9.26. The first kappa shape index (κ1) is 20.0. The summed E-state index contributed by atoms with van der Waals surface area (Å²) in [6.45, 7) is 4.47. The Balaban J connectivity index is 1.56. The fourth-order valence-electron chi connectivity index (χ4n) is 2.63. The molecule has 0 aliphatic rings. The van der Waals surface area contributed by atoms with Gasteiger partial charge in [0.1, 0.15) is 18.1 Å². The van der Waals surface area contributed by atoms with Crippen molar-refractivity contribution in [1.82, 2.24) is 20.5 Å². The maximum absolute atomic E-state index is 12.3. The summed E-state index contributed by atoms with van der Waals surface area (Å²) < 4.78 is 5.43. The molecule has 2 N–H and O–H groups in total. The first-order chi connectivity index (χ1) is 14.2. The minimum atomic E-state index is -0.349. The van der Waals surface area contributed by atoms with E-state index in [0.29, 0.717) is 30.3 Å². The van der Waals surface area contributed by atoms with Crippen LogP contribution in [0.5, 0.6) is 5.75 Å². The summed E-state index contributed by atoms with van der Waals surface area (Å²) in [6, 6.07) is 16.8. The largest absolute Gasteiger partial charge is 0.490 e. The average Bonchev–Trinajstić information content (AvgIpc) is 2.76. The molecule has 7 heteroatoms. The van der Waals surface area contributed by atoms with Crippen molar-refractivity contribution in [3.05, 3.63) is 88.9 Å². The van der Waals surface area contributed by atoms with E-state index in [0.717, 1.165) is 5.56 Å². The first-order valence-corrected chi connectivity index (χ1v) is 9.26. The van der Waals surface area contributed by atoms with Crippen LogP contribution in [0.4, 0.5) is 0 Å². The lowest BCUT2D eigenvalue weighted by Gasteiger charge is -2.06. The van der Waals surface area contributed by atoms with Crippen LogP contribution in [0.3, 0.4) is 0 Å². The Labute approximate surface area is 168 Å². The van der Waals surface area contributed by atoms with E-state index in [1.807, 2.05) is 30.3 Å². The number of benzene rings is 2. The fourth-order valence-corrected chi connectivity index (χ4v) is 2.63. The second-order valence-electron chi connectivity index (χ2n) is 6.34. The van der Waals surface area contributed by atoms with E-state index in [2.05, 4.69) is 27.1 Å². The van der Waals surface area contributed by atoms with Crippen molar-refractivity contribution in [2.75, 3.05) is 6.61 Å². The summed E-state index contributed by atoms with van der Waals surface area (Å²) >= 11 is 0. The molecule has 3 rings (SSSR count). The highest BCUT2D eigenvalue weighted by Crippen LogP contribution is 2.18. The lowest BCUT2D eigenvalue weighted by atomic mass is 10.2. The number of aromatic amines is 1. The number of aryl methyl sites for hydroxylation is 1. The Kier molecular flexibility index (Phi) is 6.89. The zero-order valence-corrected chi connectivity index (χ0v) is 15.9. The summed E-state index contributed by atoms with van der Waals surface area (Å²) in [5, 5.41) is 10.9. The van der Waals surface area contributed by atoms with Crippen molar-refractivity contribution in [3.8, 4) is 17.1 Å². The van der Waals surface area contributed by atoms with E-state index in [1.54, 1.807) is 30.3 Å². The van der Waals surface area contributed by atoms with Crippen LogP contribution in [-0.2, 0) is 17.8 Å². The maximum atomic E-state index is 12.3. The van der Waals surface area contributed by atoms with E-state index in [1.165, 1.54) is 0 Å². The van der Waals surface area contributed by atoms with Crippen molar-refractivity contribution < 1.29 is 9.53 Å². The van der Waals surface area contributed by atoms with Gasteiger partial charge in [-0.25, -0.2) is 0 Å². The van der Waals surface area contributed by atoms with Crippen molar-refractivity contribution >= 4 is 5.91 Å². The smallest absolute Gasteiger partial charge is 0.273 e. The third kappa shape index (κ3) is 5.87. The molecule has 0 unspecified atom stereocenters. The molecule has 0 aliphatic heterocycles. The van der Waals surface area contributed by atoms with Gasteiger partial charge in [0.2, 0.25) is 5.91 Å². The van der Waals surface area contributed by atoms with Crippen LogP contribution in [0.1, 0.15) is 17.7 Å². The zero-order valence-electron chi connectivity index (χ0n) is 15.9. The van der Waals surface area contributed by atoms with Gasteiger partial charge in [-0.05, 0) is 29.8 Å². The summed E-state index contributed by atoms with van der Waals surface area (Å²) in [6.07, 6.45) is 2.05. The highest BCUT2D eigenvalue weighted by atomic mass is 16.5. The molecule has 0 aliphatic carbocycles. The summed E-state index contributed by atoms with van der Waals surface area (Å²) in [4.78, 5) is 27.0. The molecule has 148 valence electrons. The molecule has 1 aromatic heterocycles. The lowest BCUT2D eigenvalue weighted by Crippen LogP contribution is -2.25. The second kappa shape index (κ2) is 9.98. The molecule has 0 saturated heterocycles. The minimum Gasteiger partial charge on any atom is -0.490 e. The molecule has 0 atom stereocenters. The molecule has 7 nitrogen and oxygen atoms in total. The molecule has 29 heavy (non-hydrogen) atoms. The molecular weight excluding hydrogens is 368 g/mol. The van der Waals surface area contributed by atoms with Crippen LogP contribution in [0, 0.1) is 0 Å². The third-order valence-electron chi connectivity index (χ3n) is 4.18. The predicted octanol–water partition coefficient (Wildman–Crippen LogP) is 2.65. The molecule has 1 heterocycles. The third-order valence-corrected chi connectivity index (χ3v) is 4.18. The van der Waals surface area contributed by atoms with E-state index in [9.17, 15) is 9.59 Å². The highest BCUT2D eigenvalue weighted by Gasteiger charge is 2.10. The Hall–Kier alpha value is -3.74. The standard InChI is InChI=1S/C22H22N4O3/c1-2-14-29-18-10-8-17(9-11-18)21-24-22(28)19(25-26-21)12-13-20(27)23-15-16-6-4-3-5-7-16/h2-11H,1,12-15H2,(H,23,27)(H,24,26,28). The second-order valence-corrected chi connectivity index (χ2v) is 6.34. The summed E-state index contributed by atoms with van der Waals surface area (Å²) in [5.74, 6) is 0.916. The highest BCUT2D eigenvalue weighted by molar-refractivity contribution is 5.76. The molecule has 0 radical (unpaired) electrons. The van der Waals surface area contributed by atoms with E-state index in [-0.39, 0.29) is 30.0 Å². The number of H-pyrrole nitrogens is 1. The van der Waals surface area contributed by atoms with Crippen LogP contribution in [0.25, 0.3) is 11.4 Å². The SMILES string of the molecule is C=CCOc1ccc(-c2nnc(CCC(=O)NCc3ccccc3)c(=O)[nH]2)cc1. The van der Waals surface area contributed by atoms with Gasteiger partial charge in [0.25, 0.3) is 5.56 Å². The van der Waals surface area contributed by atoms with Crippen molar-refractivity contribution in [1.29, 1.82) is 0 Å². The Morgan fingerprint density at radius 3 is 2.55 bits per heavy atom. The lowest BCUT2D eigenvalue weighted by molar-refractivity contribution is -0.121. The van der Waals surface area contributed by atoms with Crippen LogP contribution in [-0.4, -0.2) is 27.7 Å². The molecule has 2 aromatic carbocycles. The van der Waals surface area contributed by atoms with Gasteiger partial charge in [-0.15, -0.1) is 10.2 Å². The van der Waals surface area contributed by atoms with Gasteiger partial charge in [0, 0.05) is 24.9 Å². The number of nitrogens with one attached hydrogen (secondary N) is 2. The van der Waals surface area contributed by atoms with Crippen molar-refractivity contribution in [3.63, 3.8) is 0 Å². The summed E-state index contributed by atoms with van der Waals surface area (Å²) in [5.41, 5.74) is 1.61. The van der Waals surface area contributed by atoms with Crippen LogP contribution in [0.2, 0.25) is 0 Å². The number of hydrogen-bond donors (Lipinski definition) is 2. The molecular formula is C22H22N4O3. The van der Waals surface area contributed by atoms with Crippen LogP contribution >= 0.6 is 0 Å². The maximum Gasteiger partial charge on any atom is 0.273 e. The predicted molar refractivity (Wildman–Crippen MR) is 110 cm³/mol. The van der Waals surface area contributed by atoms with Crippen LogP contribution < -0.4 is 15.6 Å². The molecule has 1 amide bonds. The molecule has 0 fully saturated rings. The zero-order chi connectivity index (χ0) is 20.5. The number of carbonyl (C=O) groups is 1. The van der Waals surface area contributed by atoms with Gasteiger partial charge in [-0.3, -0.25) is 9.59 Å². The Morgan fingerprint density at radius 1 is 1.10 bits per heavy atom. The molecule has 0 saturated carbocycles. The van der Waals surface area contributed by atoms with Gasteiger partial charge in [-0.1, -0.05) is 43.0 Å². The number of hydrogen-bond acceptors (Lipinski definition) is 5. The van der Waals surface area contributed by atoms with Gasteiger partial charge < -0.3 is 15.0 Å². The quantitative estimate of drug-likeness (QED) is 0.548. The van der Waals surface area contributed by atoms with E-state index < -0.39 is 0 Å². The monoisotopic (exact) mass is 390 g/mol. The number of nitrogens with zero attached hydrogens (tertiary/aromatic N) is 2. The van der Waals surface area contributed by atoms with Gasteiger partial charge in [0.15, 0.2) is 5.82 Å². The number of aromatic nitrogens is 3. The topological polar surface area (TPSA) is 97.0 Å². The minimum absolute atomic E-state index is 0.144. The van der Waals surface area contributed by atoms with Crippen LogP contribution in [0.15, 0.2) is 72.0 Å². The Morgan fingerprint density at radius 2 is 1.86 bits per heavy atom. The average molecular weight is 390 g/mol. The number of ether oxygens (including phenoxy) is 1. The molecule has 0 spiro atoms. The van der Waals surface area contributed by atoms with Gasteiger partial charge >= 0.3 is 0 Å². The van der Waals surface area contributed by atoms with E-state index in [4.69, 9.17) is 4.74 Å². The number of carbonyl (C=O) groups excluding carboxylic acids is 1. The molecule has 0 bridgehead atoms. The fraction of sp³-hybridized carbons (Fsp3) is 0.182.